The van der Waals surface area contributed by atoms with Crippen LogP contribution in [0, 0.1) is 0 Å². The Hall–Kier alpha value is -1.70. The van der Waals surface area contributed by atoms with Crippen LogP contribution in [0.4, 0.5) is 26.3 Å². The average molecular weight is 337 g/mol. The molecule has 1 heterocycles. The van der Waals surface area contributed by atoms with Crippen molar-refractivity contribution in [3.05, 3.63) is 35.0 Å². The standard InChI is InChI=1S/C15H13F6NO/c16-14(17,18)8-4-11(15(19,20)21)10-6-12(22-13(10)5-8)7-1-2-9(23)3-7/h4-7,9,22-23H,1-3H2/t7-,9+/m0/s1. The molecule has 1 aliphatic rings. The van der Waals surface area contributed by atoms with Crippen molar-refractivity contribution in [2.24, 2.45) is 0 Å². The highest BCUT2D eigenvalue weighted by Gasteiger charge is 2.39. The summed E-state index contributed by atoms with van der Waals surface area (Å²) >= 11 is 0. The van der Waals surface area contributed by atoms with Gasteiger partial charge >= 0.3 is 12.4 Å². The van der Waals surface area contributed by atoms with Crippen molar-refractivity contribution in [1.82, 2.24) is 4.98 Å². The largest absolute Gasteiger partial charge is 0.417 e. The summed E-state index contributed by atoms with van der Waals surface area (Å²) in [5.41, 5.74) is -2.40. The maximum Gasteiger partial charge on any atom is 0.417 e. The zero-order valence-electron chi connectivity index (χ0n) is 11.7. The molecule has 2 nitrogen and oxygen atoms in total. The van der Waals surface area contributed by atoms with E-state index in [1.54, 1.807) is 0 Å². The fraction of sp³-hybridized carbons (Fsp3) is 0.467. The predicted octanol–water partition coefficient (Wildman–Crippen LogP) is 4.83. The summed E-state index contributed by atoms with van der Waals surface area (Å²) in [5, 5.41) is 9.25. The van der Waals surface area contributed by atoms with Gasteiger partial charge in [-0.05, 0) is 37.5 Å². The van der Waals surface area contributed by atoms with Crippen molar-refractivity contribution in [3.63, 3.8) is 0 Å². The van der Waals surface area contributed by atoms with Crippen LogP contribution in [0.2, 0.25) is 0 Å². The molecule has 0 saturated heterocycles. The van der Waals surface area contributed by atoms with E-state index < -0.39 is 29.6 Å². The van der Waals surface area contributed by atoms with Crippen molar-refractivity contribution in [3.8, 4) is 0 Å². The summed E-state index contributed by atoms with van der Waals surface area (Å²) in [7, 11) is 0. The molecule has 0 spiro atoms. The number of hydrogen-bond donors (Lipinski definition) is 2. The Bertz CT molecular complexity index is 730. The van der Waals surface area contributed by atoms with Gasteiger partial charge in [-0.2, -0.15) is 26.3 Å². The smallest absolute Gasteiger partial charge is 0.393 e. The third kappa shape index (κ3) is 3.04. The van der Waals surface area contributed by atoms with Crippen molar-refractivity contribution >= 4 is 10.9 Å². The molecular weight excluding hydrogens is 324 g/mol. The molecule has 23 heavy (non-hydrogen) atoms. The second-order valence-electron chi connectivity index (χ2n) is 5.87. The first kappa shape index (κ1) is 16.2. The van der Waals surface area contributed by atoms with Crippen LogP contribution >= 0.6 is 0 Å². The molecule has 1 aromatic carbocycles. The van der Waals surface area contributed by atoms with Crippen LogP contribution in [0.5, 0.6) is 0 Å². The third-order valence-corrected chi connectivity index (χ3v) is 4.24. The summed E-state index contributed by atoms with van der Waals surface area (Å²) < 4.78 is 77.8. The van der Waals surface area contributed by atoms with E-state index >= 15 is 0 Å². The van der Waals surface area contributed by atoms with Gasteiger partial charge in [0.2, 0.25) is 0 Å². The fourth-order valence-corrected chi connectivity index (χ4v) is 3.12. The van der Waals surface area contributed by atoms with Crippen LogP contribution in [0.15, 0.2) is 18.2 Å². The van der Waals surface area contributed by atoms with Gasteiger partial charge in [0.05, 0.1) is 17.2 Å². The van der Waals surface area contributed by atoms with Gasteiger partial charge < -0.3 is 10.1 Å². The van der Waals surface area contributed by atoms with Crippen LogP contribution in [0.3, 0.4) is 0 Å². The van der Waals surface area contributed by atoms with Crippen molar-refractivity contribution < 1.29 is 31.4 Å². The number of aromatic amines is 1. The highest BCUT2D eigenvalue weighted by atomic mass is 19.4. The van der Waals surface area contributed by atoms with Gasteiger partial charge in [0.25, 0.3) is 0 Å². The van der Waals surface area contributed by atoms with Gasteiger partial charge in [0, 0.05) is 22.5 Å². The van der Waals surface area contributed by atoms with Crippen molar-refractivity contribution in [1.29, 1.82) is 0 Å². The first-order chi connectivity index (χ1) is 10.6. The molecule has 0 aliphatic heterocycles. The lowest BCUT2D eigenvalue weighted by Crippen LogP contribution is -2.10. The van der Waals surface area contributed by atoms with Crippen LogP contribution in [0.1, 0.15) is 42.0 Å². The zero-order valence-corrected chi connectivity index (χ0v) is 11.7. The molecule has 2 aromatic rings. The van der Waals surface area contributed by atoms with Gasteiger partial charge in [-0.15, -0.1) is 0 Å². The lowest BCUT2D eigenvalue weighted by atomic mass is 10.0. The zero-order chi connectivity index (χ0) is 17.0. The Morgan fingerprint density at radius 1 is 0.957 bits per heavy atom. The van der Waals surface area contributed by atoms with E-state index in [4.69, 9.17) is 0 Å². The minimum absolute atomic E-state index is 0.142. The monoisotopic (exact) mass is 337 g/mol. The second kappa shape index (κ2) is 5.15. The lowest BCUT2D eigenvalue weighted by molar-refractivity contribution is -0.142. The van der Waals surface area contributed by atoms with Crippen LogP contribution in [-0.2, 0) is 12.4 Å². The molecule has 0 unspecified atom stereocenters. The van der Waals surface area contributed by atoms with E-state index in [-0.39, 0.29) is 22.9 Å². The minimum atomic E-state index is -4.88. The van der Waals surface area contributed by atoms with Crippen LogP contribution in [0.25, 0.3) is 10.9 Å². The van der Waals surface area contributed by atoms with Gasteiger partial charge in [0.15, 0.2) is 0 Å². The number of halogens is 6. The molecule has 3 rings (SSSR count). The van der Waals surface area contributed by atoms with Gasteiger partial charge in [-0.1, -0.05) is 0 Å². The summed E-state index contributed by atoms with van der Waals surface area (Å²) in [4.78, 5) is 2.67. The number of nitrogens with one attached hydrogen (secondary N) is 1. The number of aromatic nitrogens is 1. The first-order valence-electron chi connectivity index (χ1n) is 7.05. The molecule has 1 saturated carbocycles. The molecule has 8 heteroatoms. The summed E-state index contributed by atoms with van der Waals surface area (Å²) in [5.74, 6) is -0.173. The van der Waals surface area contributed by atoms with E-state index in [9.17, 15) is 31.4 Å². The molecule has 126 valence electrons. The molecule has 0 radical (unpaired) electrons. The normalized spacial score (nSPS) is 22.9. The van der Waals surface area contributed by atoms with E-state index in [2.05, 4.69) is 4.98 Å². The number of benzene rings is 1. The number of alkyl halides is 6. The Labute approximate surface area is 127 Å². The molecule has 1 fully saturated rings. The average Bonchev–Trinajstić information content (AvgIpc) is 3.00. The number of fused-ring (bicyclic) bond motifs is 1. The van der Waals surface area contributed by atoms with Crippen LogP contribution < -0.4 is 0 Å². The van der Waals surface area contributed by atoms with E-state index in [1.807, 2.05) is 0 Å². The van der Waals surface area contributed by atoms with Gasteiger partial charge in [0.1, 0.15) is 0 Å². The molecular formula is C15H13F6NO. The van der Waals surface area contributed by atoms with E-state index in [0.29, 0.717) is 31.0 Å². The molecule has 2 N–H and O–H groups in total. The SMILES string of the molecule is O[C@@H]1CC[C@H](c2cc3c(C(F)(F)F)cc(C(F)(F)F)cc3[nH]2)C1. The van der Waals surface area contributed by atoms with Crippen LogP contribution in [-0.4, -0.2) is 16.2 Å². The number of hydrogen-bond acceptors (Lipinski definition) is 1. The minimum Gasteiger partial charge on any atom is -0.393 e. The molecule has 1 aromatic heterocycles. The highest BCUT2D eigenvalue weighted by Crippen LogP contribution is 2.42. The third-order valence-electron chi connectivity index (χ3n) is 4.24. The van der Waals surface area contributed by atoms with Crippen molar-refractivity contribution in [2.75, 3.05) is 0 Å². The number of H-pyrrole nitrogens is 1. The lowest BCUT2D eigenvalue weighted by Gasteiger charge is -2.12. The fourth-order valence-electron chi connectivity index (χ4n) is 3.12. The summed E-state index contributed by atoms with van der Waals surface area (Å²) in [6.07, 6.45) is -8.77. The molecule has 2 atom stereocenters. The quantitative estimate of drug-likeness (QED) is 0.718. The topological polar surface area (TPSA) is 36.0 Å². The van der Waals surface area contributed by atoms with Crippen molar-refractivity contribution in [2.45, 2.75) is 43.6 Å². The Morgan fingerprint density at radius 3 is 2.17 bits per heavy atom. The molecule has 0 amide bonds. The maximum atomic E-state index is 13.1. The van der Waals surface area contributed by atoms with E-state index in [1.165, 1.54) is 6.07 Å². The van der Waals surface area contributed by atoms with E-state index in [0.717, 1.165) is 0 Å². The summed E-state index contributed by atoms with van der Waals surface area (Å²) in [6, 6.07) is 2.09. The Kier molecular flexibility index (Phi) is 3.62. The summed E-state index contributed by atoms with van der Waals surface area (Å²) in [6.45, 7) is 0. The maximum absolute atomic E-state index is 13.1. The Balaban J connectivity index is 2.16. The molecule has 0 bridgehead atoms. The van der Waals surface area contributed by atoms with Gasteiger partial charge in [-0.25, -0.2) is 0 Å². The molecule has 1 aliphatic carbocycles. The second-order valence-corrected chi connectivity index (χ2v) is 5.87. The number of rotatable bonds is 1. The predicted molar refractivity (Wildman–Crippen MR) is 70.9 cm³/mol. The Morgan fingerprint density at radius 2 is 1.65 bits per heavy atom. The number of aliphatic hydroxyl groups excluding tert-OH is 1. The highest BCUT2D eigenvalue weighted by molar-refractivity contribution is 5.85. The number of aliphatic hydroxyl groups is 1. The first-order valence-corrected chi connectivity index (χ1v) is 7.05. The van der Waals surface area contributed by atoms with Gasteiger partial charge in [-0.3, -0.25) is 0 Å².